The molecule has 0 aromatic carbocycles. The molecule has 0 radical (unpaired) electrons. The summed E-state index contributed by atoms with van der Waals surface area (Å²) in [6.45, 7) is 12.1. The molecule has 0 bridgehead atoms. The predicted octanol–water partition coefficient (Wildman–Crippen LogP) is 2.04. The number of aliphatic hydroxyl groups excluding tert-OH is 6. The normalized spacial score (nSPS) is 52.5. The van der Waals surface area contributed by atoms with Gasteiger partial charge in [-0.1, -0.05) is 46.3 Å². The molecule has 0 aromatic rings. The SMILES string of the molecule is CC1(C)CCC2(C(=O)O)CCC3(C)C(=CCC4C5(C)CCC(OC6OC(C(=O)O)C(OC7OC(CO)C(O)C(O)C7O)C(O)C6O)C(C)(C(=O)O)C5CCC43C)C2C1. The molecule has 328 valence electrons. The Balaban J connectivity index is 1.14. The zero-order valence-electron chi connectivity index (χ0n) is 34.3. The summed E-state index contributed by atoms with van der Waals surface area (Å²) < 4.78 is 22.9. The fraction of sp³-hybridized carbons (Fsp3) is 0.881. The van der Waals surface area contributed by atoms with Gasteiger partial charge in [0.15, 0.2) is 18.7 Å². The molecule has 19 unspecified atom stereocenters. The number of aliphatic hydroxyl groups is 6. The molecule has 5 aliphatic carbocycles. The lowest BCUT2D eigenvalue weighted by Gasteiger charge is -2.71. The van der Waals surface area contributed by atoms with Gasteiger partial charge >= 0.3 is 17.9 Å². The molecule has 0 aromatic heterocycles. The van der Waals surface area contributed by atoms with E-state index in [0.717, 1.165) is 19.3 Å². The van der Waals surface area contributed by atoms with Crippen molar-refractivity contribution in [3.63, 3.8) is 0 Å². The zero-order chi connectivity index (χ0) is 42.7. The highest BCUT2D eigenvalue weighted by atomic mass is 16.7. The maximum atomic E-state index is 13.6. The molecular formula is C42H64O16. The van der Waals surface area contributed by atoms with Gasteiger partial charge in [-0.15, -0.1) is 0 Å². The minimum Gasteiger partial charge on any atom is -0.481 e. The fourth-order valence-electron chi connectivity index (χ4n) is 13.6. The summed E-state index contributed by atoms with van der Waals surface area (Å²) in [6.07, 6.45) is -10.8. The van der Waals surface area contributed by atoms with Crippen LogP contribution in [0.15, 0.2) is 11.6 Å². The molecule has 7 rings (SSSR count). The van der Waals surface area contributed by atoms with Crippen LogP contribution in [0, 0.1) is 50.2 Å². The third kappa shape index (κ3) is 6.25. The predicted molar refractivity (Wildman–Crippen MR) is 200 cm³/mol. The lowest BCUT2D eigenvalue weighted by molar-refractivity contribution is -0.363. The Labute approximate surface area is 338 Å². The third-order valence-corrected chi connectivity index (χ3v) is 17.4. The monoisotopic (exact) mass is 824 g/mol. The lowest BCUT2D eigenvalue weighted by atomic mass is 9.33. The van der Waals surface area contributed by atoms with Crippen LogP contribution in [0.25, 0.3) is 0 Å². The molecule has 7 aliphatic rings. The average Bonchev–Trinajstić information content (AvgIpc) is 3.15. The number of hydrogen-bond acceptors (Lipinski definition) is 13. The first-order valence-corrected chi connectivity index (χ1v) is 21.0. The molecule has 16 heteroatoms. The highest BCUT2D eigenvalue weighted by molar-refractivity contribution is 5.77. The first-order valence-electron chi connectivity index (χ1n) is 21.0. The van der Waals surface area contributed by atoms with E-state index < -0.39 is 114 Å². The molecular weight excluding hydrogens is 760 g/mol. The Morgan fingerprint density at radius 3 is 1.98 bits per heavy atom. The van der Waals surface area contributed by atoms with Gasteiger partial charge in [-0.25, -0.2) is 4.79 Å². The third-order valence-electron chi connectivity index (χ3n) is 17.4. The molecule has 58 heavy (non-hydrogen) atoms. The van der Waals surface area contributed by atoms with E-state index in [1.165, 1.54) is 5.57 Å². The number of carboxylic acids is 3. The zero-order valence-corrected chi connectivity index (χ0v) is 34.3. The van der Waals surface area contributed by atoms with Crippen LogP contribution >= 0.6 is 0 Å². The van der Waals surface area contributed by atoms with Crippen molar-refractivity contribution in [2.45, 2.75) is 173 Å². The maximum absolute atomic E-state index is 13.6. The Morgan fingerprint density at radius 2 is 1.36 bits per heavy atom. The van der Waals surface area contributed by atoms with Crippen LogP contribution in [0.4, 0.5) is 0 Å². The summed E-state index contributed by atoms with van der Waals surface area (Å²) in [6, 6.07) is 0. The Bertz CT molecular complexity index is 1670. The van der Waals surface area contributed by atoms with Crippen molar-refractivity contribution in [2.24, 2.45) is 50.2 Å². The van der Waals surface area contributed by atoms with Crippen LogP contribution in [0.3, 0.4) is 0 Å². The Morgan fingerprint density at radius 1 is 0.724 bits per heavy atom. The number of carboxylic acid groups (broad SMARTS) is 3. The average molecular weight is 825 g/mol. The van der Waals surface area contributed by atoms with Gasteiger partial charge in [0, 0.05) is 0 Å². The first-order chi connectivity index (χ1) is 26.9. The number of rotatable bonds is 8. The second-order valence-electron chi connectivity index (χ2n) is 20.5. The Kier molecular flexibility index (Phi) is 11.1. The van der Waals surface area contributed by atoms with Gasteiger partial charge in [-0.3, -0.25) is 9.59 Å². The summed E-state index contributed by atoms with van der Waals surface area (Å²) >= 11 is 0. The van der Waals surface area contributed by atoms with E-state index in [4.69, 9.17) is 18.9 Å². The van der Waals surface area contributed by atoms with Crippen molar-refractivity contribution in [3.8, 4) is 0 Å². The van der Waals surface area contributed by atoms with Gasteiger partial charge in [-0.2, -0.15) is 0 Å². The number of ether oxygens (including phenoxy) is 4. The quantitative estimate of drug-likeness (QED) is 0.125. The number of allylic oxidation sites excluding steroid dienone is 2. The van der Waals surface area contributed by atoms with E-state index in [1.807, 2.05) is 0 Å². The van der Waals surface area contributed by atoms with E-state index in [2.05, 4.69) is 40.7 Å². The lowest BCUT2D eigenvalue weighted by Crippen LogP contribution is -2.68. The largest absolute Gasteiger partial charge is 0.481 e. The highest BCUT2D eigenvalue weighted by Gasteiger charge is 2.71. The number of aliphatic carboxylic acids is 3. The van der Waals surface area contributed by atoms with Crippen molar-refractivity contribution < 1.29 is 79.3 Å². The minimum absolute atomic E-state index is 0.0141. The maximum Gasteiger partial charge on any atom is 0.335 e. The summed E-state index contributed by atoms with van der Waals surface area (Å²) in [5, 5.41) is 94.9. The van der Waals surface area contributed by atoms with E-state index in [0.29, 0.717) is 38.5 Å². The second-order valence-corrected chi connectivity index (χ2v) is 20.5. The molecule has 6 fully saturated rings. The standard InChI is InChI=1S/C42H64O16/c1-37(2)13-15-42(36(53)54)16-14-39(4)19(20(42)17-37)7-8-22-38(3)11-10-24(41(6,35(51)52)23(38)9-12-40(22,39)5)56-34-29(48)27(46)30(31(58-34)32(49)50)57-33-28(47)26(45)25(44)21(18-43)55-33/h7,20-31,33-34,43-48H,8-18H2,1-6H3,(H,49,50)(H,51,52)(H,53,54). The summed E-state index contributed by atoms with van der Waals surface area (Å²) in [5.74, 6) is -3.88. The van der Waals surface area contributed by atoms with Crippen molar-refractivity contribution in [2.75, 3.05) is 6.61 Å². The number of hydrogen-bond donors (Lipinski definition) is 9. The van der Waals surface area contributed by atoms with E-state index >= 15 is 0 Å². The van der Waals surface area contributed by atoms with Gasteiger partial charge in [0.2, 0.25) is 0 Å². The second kappa shape index (κ2) is 14.7. The van der Waals surface area contributed by atoms with Crippen LogP contribution in [-0.2, 0) is 33.3 Å². The summed E-state index contributed by atoms with van der Waals surface area (Å²) in [5.41, 5.74) is -2.07. The molecule has 0 spiro atoms. The molecule has 4 saturated carbocycles. The van der Waals surface area contributed by atoms with Gasteiger partial charge < -0.3 is 64.9 Å². The van der Waals surface area contributed by atoms with E-state index in [9.17, 15) is 60.3 Å². The van der Waals surface area contributed by atoms with Crippen LogP contribution in [0.5, 0.6) is 0 Å². The summed E-state index contributed by atoms with van der Waals surface area (Å²) in [7, 11) is 0. The fourth-order valence-corrected chi connectivity index (χ4v) is 13.6. The van der Waals surface area contributed by atoms with Crippen LogP contribution in [0.2, 0.25) is 0 Å². The van der Waals surface area contributed by atoms with Crippen molar-refractivity contribution in [1.29, 1.82) is 0 Å². The van der Waals surface area contributed by atoms with Gasteiger partial charge in [-0.05, 0) is 111 Å². The molecule has 2 aliphatic heterocycles. The van der Waals surface area contributed by atoms with Crippen molar-refractivity contribution in [3.05, 3.63) is 11.6 Å². The Hall–Kier alpha value is -2.25. The molecule has 2 saturated heterocycles. The van der Waals surface area contributed by atoms with Crippen LogP contribution < -0.4 is 0 Å². The molecule has 0 amide bonds. The first kappa shape index (κ1) is 43.8. The molecule has 16 nitrogen and oxygen atoms in total. The van der Waals surface area contributed by atoms with Gasteiger partial charge in [0.1, 0.15) is 42.7 Å². The minimum atomic E-state index is -2.03. The molecule has 9 N–H and O–H groups in total. The van der Waals surface area contributed by atoms with Gasteiger partial charge in [0.05, 0.1) is 23.5 Å². The van der Waals surface area contributed by atoms with Crippen molar-refractivity contribution >= 4 is 17.9 Å². The highest BCUT2D eigenvalue weighted by Crippen LogP contribution is 2.76. The van der Waals surface area contributed by atoms with Crippen molar-refractivity contribution in [1.82, 2.24) is 0 Å². The van der Waals surface area contributed by atoms with Crippen LogP contribution in [-0.4, -0.2) is 138 Å². The molecule has 19 atom stereocenters. The smallest absolute Gasteiger partial charge is 0.335 e. The summed E-state index contributed by atoms with van der Waals surface area (Å²) in [4.78, 5) is 39.2. The molecule has 2 heterocycles. The number of fused-ring (bicyclic) bond motifs is 7. The van der Waals surface area contributed by atoms with Crippen LogP contribution in [0.1, 0.15) is 106 Å². The van der Waals surface area contributed by atoms with E-state index in [-0.39, 0.29) is 34.5 Å². The topological polar surface area (TPSA) is 270 Å². The van der Waals surface area contributed by atoms with E-state index in [1.54, 1.807) is 6.92 Å². The number of carbonyl (C=O) groups is 3. The van der Waals surface area contributed by atoms with Gasteiger partial charge in [0.25, 0.3) is 0 Å².